The van der Waals surface area contributed by atoms with Crippen molar-refractivity contribution in [1.29, 1.82) is 0 Å². The van der Waals surface area contributed by atoms with Crippen molar-refractivity contribution in [3.05, 3.63) is 35.7 Å². The van der Waals surface area contributed by atoms with Crippen molar-refractivity contribution in [2.75, 3.05) is 19.0 Å². The van der Waals surface area contributed by atoms with E-state index in [0.717, 1.165) is 16.8 Å². The third-order valence-corrected chi connectivity index (χ3v) is 3.54. The van der Waals surface area contributed by atoms with Gasteiger partial charge in [0.1, 0.15) is 0 Å². The summed E-state index contributed by atoms with van der Waals surface area (Å²) in [4.78, 5) is 2.04. The smallest absolute Gasteiger partial charge is 0.423 e. The molecule has 0 aliphatic carbocycles. The van der Waals surface area contributed by atoms with Crippen molar-refractivity contribution in [2.45, 2.75) is 0 Å². The number of thiophene rings is 1. The monoisotopic (exact) mass is 247 g/mol. The average Bonchev–Trinajstić information content (AvgIpc) is 2.78. The molecule has 2 aromatic rings. The fourth-order valence-electron chi connectivity index (χ4n) is 1.74. The highest BCUT2D eigenvalue weighted by Crippen LogP contribution is 2.30. The minimum Gasteiger partial charge on any atom is -0.423 e. The number of hydrogen-bond donors (Lipinski definition) is 2. The van der Waals surface area contributed by atoms with Crippen LogP contribution in [0.15, 0.2) is 35.7 Å². The van der Waals surface area contributed by atoms with Gasteiger partial charge < -0.3 is 14.9 Å². The maximum absolute atomic E-state index is 9.12. The summed E-state index contributed by atoms with van der Waals surface area (Å²) in [5.74, 6) is 0. The van der Waals surface area contributed by atoms with Crippen LogP contribution in [-0.4, -0.2) is 31.3 Å². The molecule has 0 bridgehead atoms. The van der Waals surface area contributed by atoms with E-state index in [-0.39, 0.29) is 0 Å². The molecule has 0 aliphatic rings. The molecule has 0 saturated carbocycles. The lowest BCUT2D eigenvalue weighted by atomic mass is 9.88. The second-order valence-corrected chi connectivity index (χ2v) is 4.97. The van der Waals surface area contributed by atoms with Crippen LogP contribution < -0.4 is 9.68 Å². The molecular formula is C12H14BNO2S. The van der Waals surface area contributed by atoms with Gasteiger partial charge in [0, 0.05) is 30.1 Å². The van der Waals surface area contributed by atoms with Crippen LogP contribution in [0, 0.1) is 0 Å². The zero-order valence-electron chi connectivity index (χ0n) is 9.79. The molecule has 2 N–H and O–H groups in total. The topological polar surface area (TPSA) is 43.7 Å². The second-order valence-electron chi connectivity index (χ2n) is 4.02. The summed E-state index contributed by atoms with van der Waals surface area (Å²) in [6.07, 6.45) is 0. The van der Waals surface area contributed by atoms with Crippen LogP contribution in [0.5, 0.6) is 0 Å². The zero-order valence-corrected chi connectivity index (χ0v) is 10.6. The molecule has 88 valence electrons. The van der Waals surface area contributed by atoms with E-state index in [0.29, 0.717) is 4.78 Å². The Morgan fingerprint density at radius 2 is 1.88 bits per heavy atom. The first-order chi connectivity index (χ1) is 8.09. The number of rotatable bonds is 3. The number of benzene rings is 1. The number of nitrogens with zero attached hydrogens (tertiary/aromatic N) is 1. The van der Waals surface area contributed by atoms with E-state index in [1.165, 1.54) is 11.3 Å². The Balaban J connectivity index is 2.45. The standard InChI is InChI=1S/C12H14BNO2S/c1-14(2)11-6-4-3-5-10(11)9-7-12(13(15)16)17-8-9/h3-8,15-16H,1-2H3. The molecule has 5 heteroatoms. The summed E-state index contributed by atoms with van der Waals surface area (Å²) in [6, 6.07) is 9.87. The first-order valence-corrected chi connectivity index (χ1v) is 6.19. The summed E-state index contributed by atoms with van der Waals surface area (Å²) in [7, 11) is 2.60. The van der Waals surface area contributed by atoms with Gasteiger partial charge in [0.05, 0.1) is 0 Å². The van der Waals surface area contributed by atoms with Crippen molar-refractivity contribution < 1.29 is 10.0 Å². The molecule has 0 saturated heterocycles. The van der Waals surface area contributed by atoms with Crippen LogP contribution in [0.2, 0.25) is 0 Å². The van der Waals surface area contributed by atoms with Crippen molar-refractivity contribution in [2.24, 2.45) is 0 Å². The van der Waals surface area contributed by atoms with Crippen LogP contribution >= 0.6 is 11.3 Å². The van der Waals surface area contributed by atoms with Crippen LogP contribution in [0.25, 0.3) is 11.1 Å². The maximum Gasteiger partial charge on any atom is 0.499 e. The van der Waals surface area contributed by atoms with Gasteiger partial charge in [-0.1, -0.05) is 18.2 Å². The van der Waals surface area contributed by atoms with Crippen LogP contribution in [0.1, 0.15) is 0 Å². The first kappa shape index (κ1) is 12.2. The summed E-state index contributed by atoms with van der Waals surface area (Å²) < 4.78 is 0.563. The minimum absolute atomic E-state index is 0.563. The lowest BCUT2D eigenvalue weighted by Gasteiger charge is -2.16. The Labute approximate surface area is 105 Å². The fraction of sp³-hybridized carbons (Fsp3) is 0.167. The predicted octanol–water partition coefficient (Wildman–Crippen LogP) is 1.16. The van der Waals surface area contributed by atoms with Crippen molar-refractivity contribution in [3.63, 3.8) is 0 Å². The van der Waals surface area contributed by atoms with Crippen molar-refractivity contribution >= 4 is 28.9 Å². The molecule has 0 atom stereocenters. The molecule has 0 spiro atoms. The van der Waals surface area contributed by atoms with Crippen molar-refractivity contribution in [3.8, 4) is 11.1 Å². The Morgan fingerprint density at radius 3 is 2.47 bits per heavy atom. The quantitative estimate of drug-likeness (QED) is 0.800. The molecule has 1 heterocycles. The molecule has 0 amide bonds. The van der Waals surface area contributed by atoms with Gasteiger partial charge in [-0.2, -0.15) is 11.3 Å². The van der Waals surface area contributed by atoms with E-state index in [1.807, 2.05) is 54.7 Å². The molecule has 0 radical (unpaired) electrons. The minimum atomic E-state index is -1.39. The molecule has 0 unspecified atom stereocenters. The Kier molecular flexibility index (Phi) is 3.52. The van der Waals surface area contributed by atoms with Crippen LogP contribution in [0.3, 0.4) is 0 Å². The third kappa shape index (κ3) is 2.52. The van der Waals surface area contributed by atoms with Gasteiger partial charge in [-0.15, -0.1) is 0 Å². The first-order valence-electron chi connectivity index (χ1n) is 5.31. The summed E-state index contributed by atoms with van der Waals surface area (Å²) >= 11 is 1.35. The number of para-hydroxylation sites is 1. The lowest BCUT2D eigenvalue weighted by molar-refractivity contribution is 0.427. The van der Waals surface area contributed by atoms with Crippen LogP contribution in [0.4, 0.5) is 5.69 Å². The molecule has 0 fully saturated rings. The molecule has 0 aliphatic heterocycles. The lowest BCUT2D eigenvalue weighted by Crippen LogP contribution is -2.26. The van der Waals surface area contributed by atoms with Gasteiger partial charge >= 0.3 is 7.12 Å². The predicted molar refractivity (Wildman–Crippen MR) is 73.9 cm³/mol. The van der Waals surface area contributed by atoms with Gasteiger partial charge in [-0.05, 0) is 23.1 Å². The van der Waals surface area contributed by atoms with E-state index in [2.05, 4.69) is 0 Å². The van der Waals surface area contributed by atoms with Gasteiger partial charge in [0.25, 0.3) is 0 Å². The normalized spacial score (nSPS) is 10.4. The molecule has 17 heavy (non-hydrogen) atoms. The van der Waals surface area contributed by atoms with Gasteiger partial charge in [0.2, 0.25) is 0 Å². The molecule has 3 nitrogen and oxygen atoms in total. The highest BCUT2D eigenvalue weighted by atomic mass is 32.1. The Hall–Kier alpha value is -1.30. The molecule has 1 aromatic carbocycles. The highest BCUT2D eigenvalue weighted by molar-refractivity contribution is 7.20. The SMILES string of the molecule is CN(C)c1ccccc1-c1csc(B(O)O)c1. The number of anilines is 1. The second kappa shape index (κ2) is 4.92. The van der Waals surface area contributed by atoms with E-state index in [1.54, 1.807) is 0 Å². The summed E-state index contributed by atoms with van der Waals surface area (Å²) in [5, 5.41) is 20.2. The van der Waals surface area contributed by atoms with E-state index in [4.69, 9.17) is 10.0 Å². The van der Waals surface area contributed by atoms with E-state index < -0.39 is 7.12 Å². The van der Waals surface area contributed by atoms with Gasteiger partial charge in [-0.3, -0.25) is 0 Å². The average molecular weight is 247 g/mol. The van der Waals surface area contributed by atoms with Crippen molar-refractivity contribution in [1.82, 2.24) is 0 Å². The molecular weight excluding hydrogens is 233 g/mol. The third-order valence-electron chi connectivity index (χ3n) is 2.57. The fourth-order valence-corrected chi connectivity index (χ4v) is 2.51. The molecule has 2 rings (SSSR count). The summed E-state index contributed by atoms with van der Waals surface area (Å²) in [5.41, 5.74) is 3.23. The largest absolute Gasteiger partial charge is 0.499 e. The Bertz CT molecular complexity index is 511. The maximum atomic E-state index is 9.12. The Morgan fingerprint density at radius 1 is 1.18 bits per heavy atom. The van der Waals surface area contributed by atoms with E-state index in [9.17, 15) is 0 Å². The zero-order chi connectivity index (χ0) is 12.4. The highest BCUT2D eigenvalue weighted by Gasteiger charge is 2.15. The van der Waals surface area contributed by atoms with E-state index >= 15 is 0 Å². The molecule has 1 aromatic heterocycles. The number of hydrogen-bond acceptors (Lipinski definition) is 4. The summed E-state index contributed by atoms with van der Waals surface area (Å²) in [6.45, 7) is 0. The van der Waals surface area contributed by atoms with Gasteiger partial charge in [-0.25, -0.2) is 0 Å². The van der Waals surface area contributed by atoms with Gasteiger partial charge in [0.15, 0.2) is 0 Å². The van der Waals surface area contributed by atoms with Crippen LogP contribution in [-0.2, 0) is 0 Å².